The molecule has 1 saturated heterocycles. The van der Waals surface area contributed by atoms with E-state index in [4.69, 9.17) is 33.7 Å². The molecule has 1 aliphatic heterocycles. The van der Waals surface area contributed by atoms with Gasteiger partial charge in [-0.3, -0.25) is 0 Å². The maximum atomic E-state index is 9.02. The molecular formula is C22H18Cl2N4. The largest absolute Gasteiger partial charge is 0.368 e. The van der Waals surface area contributed by atoms with Gasteiger partial charge in [-0.2, -0.15) is 10.5 Å². The van der Waals surface area contributed by atoms with E-state index in [2.05, 4.69) is 9.80 Å². The van der Waals surface area contributed by atoms with Gasteiger partial charge in [0.2, 0.25) is 0 Å². The number of hydrogen-bond acceptors (Lipinski definition) is 4. The summed E-state index contributed by atoms with van der Waals surface area (Å²) < 4.78 is 0. The number of piperazine rings is 1. The average Bonchev–Trinajstić information content (AvgIpc) is 2.73. The van der Waals surface area contributed by atoms with Crippen molar-refractivity contribution in [3.05, 3.63) is 81.9 Å². The zero-order chi connectivity index (χ0) is 19.9. The van der Waals surface area contributed by atoms with Crippen LogP contribution in [0.5, 0.6) is 0 Å². The van der Waals surface area contributed by atoms with Crippen LogP contribution in [0.15, 0.2) is 66.3 Å². The molecule has 0 unspecified atom stereocenters. The number of nitriles is 2. The highest BCUT2D eigenvalue weighted by Crippen LogP contribution is 2.25. The summed E-state index contributed by atoms with van der Waals surface area (Å²) >= 11 is 12.0. The van der Waals surface area contributed by atoms with E-state index in [0.717, 1.165) is 48.1 Å². The zero-order valence-electron chi connectivity index (χ0n) is 15.1. The van der Waals surface area contributed by atoms with Gasteiger partial charge in [-0.25, -0.2) is 0 Å². The summed E-state index contributed by atoms with van der Waals surface area (Å²) in [6, 6.07) is 19.2. The molecule has 0 bridgehead atoms. The van der Waals surface area contributed by atoms with E-state index in [0.29, 0.717) is 5.02 Å². The first kappa shape index (κ1) is 19.8. The third-order valence-corrected chi connectivity index (χ3v) is 5.10. The molecule has 1 heterocycles. The van der Waals surface area contributed by atoms with Crippen molar-refractivity contribution >= 4 is 34.6 Å². The van der Waals surface area contributed by atoms with Gasteiger partial charge in [0.05, 0.1) is 0 Å². The zero-order valence-corrected chi connectivity index (χ0v) is 16.7. The molecule has 0 atom stereocenters. The Morgan fingerprint density at radius 1 is 0.786 bits per heavy atom. The Kier molecular flexibility index (Phi) is 6.61. The fourth-order valence-corrected chi connectivity index (χ4v) is 3.38. The fourth-order valence-electron chi connectivity index (χ4n) is 3.12. The Morgan fingerprint density at radius 3 is 1.86 bits per heavy atom. The van der Waals surface area contributed by atoms with Gasteiger partial charge in [-0.15, -0.1) is 0 Å². The van der Waals surface area contributed by atoms with E-state index >= 15 is 0 Å². The van der Waals surface area contributed by atoms with Crippen LogP contribution in [0.1, 0.15) is 5.56 Å². The molecule has 0 N–H and O–H groups in total. The molecule has 3 rings (SSSR count). The Bertz CT molecular complexity index is 940. The van der Waals surface area contributed by atoms with Crippen molar-refractivity contribution in [2.45, 2.75) is 0 Å². The van der Waals surface area contributed by atoms with Gasteiger partial charge in [0, 0.05) is 47.6 Å². The standard InChI is InChI=1S/C22H18Cl2N4/c23-19-4-2-18(3-5-19)22(10-1-17(15-25)16-26)28-13-11-27(12-14-28)21-8-6-20(24)7-9-21/h1-10H,11-14H2/b22-10-. The monoisotopic (exact) mass is 408 g/mol. The van der Waals surface area contributed by atoms with Crippen LogP contribution in [-0.4, -0.2) is 31.1 Å². The van der Waals surface area contributed by atoms with Crippen LogP contribution in [0, 0.1) is 22.7 Å². The average molecular weight is 409 g/mol. The second-order valence-corrected chi connectivity index (χ2v) is 7.19. The highest BCUT2D eigenvalue weighted by Gasteiger charge is 2.20. The van der Waals surface area contributed by atoms with Crippen LogP contribution in [0.25, 0.3) is 5.70 Å². The first-order valence-electron chi connectivity index (χ1n) is 8.84. The highest BCUT2D eigenvalue weighted by atomic mass is 35.5. The molecule has 0 aliphatic carbocycles. The lowest BCUT2D eigenvalue weighted by Crippen LogP contribution is -2.45. The number of anilines is 1. The van der Waals surface area contributed by atoms with Gasteiger partial charge >= 0.3 is 0 Å². The van der Waals surface area contributed by atoms with Gasteiger partial charge in [-0.1, -0.05) is 35.3 Å². The quantitative estimate of drug-likeness (QED) is 0.519. The van der Waals surface area contributed by atoms with Crippen LogP contribution in [-0.2, 0) is 0 Å². The Morgan fingerprint density at radius 2 is 1.32 bits per heavy atom. The van der Waals surface area contributed by atoms with E-state index in [9.17, 15) is 0 Å². The minimum atomic E-state index is 0.0752. The molecule has 2 aromatic rings. The SMILES string of the molecule is N#CC(C#N)=C/C=C(/c1ccc(Cl)cc1)N1CCN(c2ccc(Cl)cc2)CC1. The molecule has 0 aromatic heterocycles. The van der Waals surface area contributed by atoms with E-state index in [-0.39, 0.29) is 5.57 Å². The highest BCUT2D eigenvalue weighted by molar-refractivity contribution is 6.30. The predicted molar refractivity (Wildman–Crippen MR) is 114 cm³/mol. The molecule has 28 heavy (non-hydrogen) atoms. The summed E-state index contributed by atoms with van der Waals surface area (Å²) in [6.07, 6.45) is 3.40. The lowest BCUT2D eigenvalue weighted by atomic mass is 10.1. The number of halogens is 2. The molecule has 4 nitrogen and oxygen atoms in total. The second kappa shape index (κ2) is 9.33. The van der Waals surface area contributed by atoms with Gasteiger partial charge in [-0.05, 0) is 54.1 Å². The molecular weight excluding hydrogens is 391 g/mol. The molecule has 0 amide bonds. The van der Waals surface area contributed by atoms with Crippen molar-refractivity contribution in [2.75, 3.05) is 31.1 Å². The normalized spacial score (nSPS) is 14.2. The summed E-state index contributed by atoms with van der Waals surface area (Å²) in [6.45, 7) is 3.36. The number of nitrogens with zero attached hydrogens (tertiary/aromatic N) is 4. The molecule has 0 radical (unpaired) electrons. The molecule has 1 fully saturated rings. The van der Waals surface area contributed by atoms with Crippen LogP contribution in [0.3, 0.4) is 0 Å². The third-order valence-electron chi connectivity index (χ3n) is 4.60. The topological polar surface area (TPSA) is 54.1 Å². The van der Waals surface area contributed by atoms with E-state index in [1.807, 2.05) is 66.7 Å². The van der Waals surface area contributed by atoms with Crippen LogP contribution >= 0.6 is 23.2 Å². The molecule has 140 valence electrons. The number of benzene rings is 2. The first-order chi connectivity index (χ1) is 13.6. The minimum absolute atomic E-state index is 0.0752. The smallest absolute Gasteiger partial charge is 0.129 e. The van der Waals surface area contributed by atoms with Crippen molar-refractivity contribution in [3.63, 3.8) is 0 Å². The lowest BCUT2D eigenvalue weighted by Gasteiger charge is -2.38. The number of hydrogen-bond donors (Lipinski definition) is 0. The molecule has 2 aromatic carbocycles. The van der Waals surface area contributed by atoms with Crippen molar-refractivity contribution in [2.24, 2.45) is 0 Å². The van der Waals surface area contributed by atoms with Crippen molar-refractivity contribution in [1.29, 1.82) is 10.5 Å². The third kappa shape index (κ3) is 4.87. The second-order valence-electron chi connectivity index (χ2n) is 6.31. The van der Waals surface area contributed by atoms with Gasteiger partial charge in [0.1, 0.15) is 17.7 Å². The molecule has 0 saturated carbocycles. The van der Waals surface area contributed by atoms with Crippen molar-refractivity contribution < 1.29 is 0 Å². The Hall–Kier alpha value is -2.92. The van der Waals surface area contributed by atoms with Crippen LogP contribution in [0.2, 0.25) is 10.0 Å². The van der Waals surface area contributed by atoms with Gasteiger partial charge in [0.25, 0.3) is 0 Å². The molecule has 6 heteroatoms. The number of allylic oxidation sites excluding steroid dienone is 3. The predicted octanol–water partition coefficient (Wildman–Crippen LogP) is 5.13. The van der Waals surface area contributed by atoms with E-state index in [1.165, 1.54) is 0 Å². The maximum Gasteiger partial charge on any atom is 0.129 e. The summed E-state index contributed by atoms with van der Waals surface area (Å²) in [7, 11) is 0. The van der Waals surface area contributed by atoms with Gasteiger partial charge < -0.3 is 9.80 Å². The van der Waals surface area contributed by atoms with Crippen LogP contribution < -0.4 is 4.90 Å². The van der Waals surface area contributed by atoms with Crippen molar-refractivity contribution in [3.8, 4) is 12.1 Å². The summed E-state index contributed by atoms with van der Waals surface area (Å²) in [4.78, 5) is 4.58. The Labute approximate surface area is 175 Å². The minimum Gasteiger partial charge on any atom is -0.368 e. The van der Waals surface area contributed by atoms with Crippen molar-refractivity contribution in [1.82, 2.24) is 4.90 Å². The Balaban J connectivity index is 1.82. The lowest BCUT2D eigenvalue weighted by molar-refractivity contribution is 0.367. The molecule has 1 aliphatic rings. The summed E-state index contributed by atoms with van der Waals surface area (Å²) in [5.74, 6) is 0. The maximum absolute atomic E-state index is 9.02. The van der Waals surface area contributed by atoms with Crippen LogP contribution in [0.4, 0.5) is 5.69 Å². The van der Waals surface area contributed by atoms with E-state index in [1.54, 1.807) is 6.08 Å². The number of rotatable bonds is 4. The van der Waals surface area contributed by atoms with E-state index < -0.39 is 0 Å². The molecule has 0 spiro atoms. The summed E-state index contributed by atoms with van der Waals surface area (Å²) in [5.41, 5.74) is 3.19. The summed E-state index contributed by atoms with van der Waals surface area (Å²) in [5, 5.41) is 19.4. The first-order valence-corrected chi connectivity index (χ1v) is 9.60. The fraction of sp³-hybridized carbons (Fsp3) is 0.182. The van der Waals surface area contributed by atoms with Gasteiger partial charge in [0.15, 0.2) is 0 Å².